The van der Waals surface area contributed by atoms with E-state index in [1.165, 1.54) is 12.8 Å². The van der Waals surface area contributed by atoms with Crippen LogP contribution in [0.15, 0.2) is 24.3 Å². The highest BCUT2D eigenvalue weighted by atomic mass is 16.1. The molecule has 1 aromatic rings. The minimum absolute atomic E-state index is 0.339. The molecule has 0 saturated carbocycles. The molecule has 0 aromatic heterocycles. The number of amides is 1. The van der Waals surface area contributed by atoms with Gasteiger partial charge in [0.05, 0.1) is 0 Å². The van der Waals surface area contributed by atoms with Gasteiger partial charge in [0.15, 0.2) is 0 Å². The molecule has 1 heterocycles. The highest BCUT2D eigenvalue weighted by molar-refractivity contribution is 5.94. The van der Waals surface area contributed by atoms with Crippen LogP contribution >= 0.6 is 0 Å². The molecular weight excluding hydrogens is 238 g/mol. The monoisotopic (exact) mass is 261 g/mol. The topological polar surface area (TPSA) is 72.3 Å². The molecule has 1 saturated heterocycles. The number of rotatable bonds is 5. The molecule has 1 amide bonds. The van der Waals surface area contributed by atoms with Crippen molar-refractivity contribution in [1.82, 2.24) is 4.90 Å². The summed E-state index contributed by atoms with van der Waals surface area (Å²) in [5.41, 5.74) is 12.7. The number of primary amides is 1. The van der Waals surface area contributed by atoms with Crippen LogP contribution < -0.4 is 11.5 Å². The van der Waals surface area contributed by atoms with Gasteiger partial charge < -0.3 is 11.5 Å². The predicted octanol–water partition coefficient (Wildman–Crippen LogP) is 1.35. The summed E-state index contributed by atoms with van der Waals surface area (Å²) in [6.45, 7) is 3.76. The van der Waals surface area contributed by atoms with Crippen LogP contribution in [0.5, 0.6) is 0 Å². The van der Waals surface area contributed by atoms with Crippen LogP contribution in [0.2, 0.25) is 0 Å². The first-order chi connectivity index (χ1) is 9.20. The van der Waals surface area contributed by atoms with Crippen molar-refractivity contribution in [3.63, 3.8) is 0 Å². The Morgan fingerprint density at radius 2 is 1.95 bits per heavy atom. The first-order valence-corrected chi connectivity index (χ1v) is 7.01. The summed E-state index contributed by atoms with van der Waals surface area (Å²) >= 11 is 0. The lowest BCUT2D eigenvalue weighted by atomic mass is 9.93. The average molecular weight is 261 g/mol. The minimum Gasteiger partial charge on any atom is -0.366 e. The molecule has 0 radical (unpaired) electrons. The third-order valence-corrected chi connectivity index (χ3v) is 3.96. The van der Waals surface area contributed by atoms with Gasteiger partial charge in [0, 0.05) is 12.1 Å². The molecule has 2 rings (SSSR count). The van der Waals surface area contributed by atoms with E-state index in [9.17, 15) is 4.79 Å². The zero-order chi connectivity index (χ0) is 13.7. The normalized spacial score (nSPS) is 17.5. The van der Waals surface area contributed by atoms with Gasteiger partial charge in [0.2, 0.25) is 5.91 Å². The van der Waals surface area contributed by atoms with Gasteiger partial charge in [-0.1, -0.05) is 18.2 Å². The predicted molar refractivity (Wildman–Crippen MR) is 76.6 cm³/mol. The summed E-state index contributed by atoms with van der Waals surface area (Å²) in [5.74, 6) is 0.432. The Morgan fingerprint density at radius 1 is 1.26 bits per heavy atom. The molecule has 104 valence electrons. The second kappa shape index (κ2) is 6.68. The maximum absolute atomic E-state index is 11.4. The summed E-state index contributed by atoms with van der Waals surface area (Å²) in [7, 11) is 0. The molecular formula is C15H23N3O. The third-order valence-electron chi connectivity index (χ3n) is 3.96. The number of likely N-dealkylation sites (tertiary alicyclic amines) is 1. The van der Waals surface area contributed by atoms with Crippen LogP contribution in [-0.2, 0) is 6.54 Å². The number of piperidine rings is 1. The molecule has 1 aromatic carbocycles. The van der Waals surface area contributed by atoms with Gasteiger partial charge in [-0.05, 0) is 56.4 Å². The second-order valence-corrected chi connectivity index (χ2v) is 5.32. The molecule has 4 nitrogen and oxygen atoms in total. The Balaban J connectivity index is 1.94. The van der Waals surface area contributed by atoms with E-state index in [0.717, 1.165) is 44.1 Å². The highest BCUT2D eigenvalue weighted by Crippen LogP contribution is 2.22. The van der Waals surface area contributed by atoms with E-state index in [0.29, 0.717) is 5.56 Å². The Morgan fingerprint density at radius 3 is 2.58 bits per heavy atom. The van der Waals surface area contributed by atoms with Crippen molar-refractivity contribution in [3.05, 3.63) is 35.4 Å². The van der Waals surface area contributed by atoms with Crippen LogP contribution in [0.1, 0.15) is 35.2 Å². The van der Waals surface area contributed by atoms with Gasteiger partial charge in [0.1, 0.15) is 0 Å². The third kappa shape index (κ3) is 3.78. The van der Waals surface area contributed by atoms with Crippen LogP contribution in [0.3, 0.4) is 0 Å². The van der Waals surface area contributed by atoms with Gasteiger partial charge in [-0.15, -0.1) is 0 Å². The molecule has 0 spiro atoms. The fourth-order valence-corrected chi connectivity index (χ4v) is 2.81. The van der Waals surface area contributed by atoms with Gasteiger partial charge in [-0.25, -0.2) is 0 Å². The van der Waals surface area contributed by atoms with Crippen molar-refractivity contribution in [2.45, 2.75) is 25.8 Å². The number of nitrogens with zero attached hydrogens (tertiary/aromatic N) is 1. The van der Waals surface area contributed by atoms with Gasteiger partial charge >= 0.3 is 0 Å². The highest BCUT2D eigenvalue weighted by Gasteiger charge is 2.19. The van der Waals surface area contributed by atoms with Gasteiger partial charge in [-0.2, -0.15) is 0 Å². The Kier molecular flexibility index (Phi) is 4.93. The summed E-state index contributed by atoms with van der Waals surface area (Å²) in [5, 5.41) is 0. The standard InChI is InChI=1S/C15H23N3O/c16-8-5-12-6-9-18(10-7-12)11-13-3-1-2-4-14(13)15(17)19/h1-4,12H,5-11,16H2,(H2,17,19). The number of carbonyl (C=O) groups is 1. The van der Waals surface area contributed by atoms with E-state index in [4.69, 9.17) is 11.5 Å². The van der Waals surface area contributed by atoms with Crippen molar-refractivity contribution in [2.75, 3.05) is 19.6 Å². The Bertz CT molecular complexity index is 425. The van der Waals surface area contributed by atoms with Crippen LogP contribution in [0.25, 0.3) is 0 Å². The molecule has 19 heavy (non-hydrogen) atoms. The van der Waals surface area contributed by atoms with Crippen molar-refractivity contribution < 1.29 is 4.79 Å². The van der Waals surface area contributed by atoms with E-state index in [2.05, 4.69) is 4.90 Å². The first kappa shape index (κ1) is 14.0. The minimum atomic E-state index is -0.339. The van der Waals surface area contributed by atoms with E-state index in [1.54, 1.807) is 6.07 Å². The van der Waals surface area contributed by atoms with Crippen LogP contribution in [0.4, 0.5) is 0 Å². The fraction of sp³-hybridized carbons (Fsp3) is 0.533. The lowest BCUT2D eigenvalue weighted by Crippen LogP contribution is -2.34. The smallest absolute Gasteiger partial charge is 0.249 e. The second-order valence-electron chi connectivity index (χ2n) is 5.32. The van der Waals surface area contributed by atoms with Gasteiger partial charge in [0.25, 0.3) is 0 Å². The lowest BCUT2D eigenvalue weighted by Gasteiger charge is -2.32. The van der Waals surface area contributed by atoms with Crippen molar-refractivity contribution in [2.24, 2.45) is 17.4 Å². The summed E-state index contributed by atoms with van der Waals surface area (Å²) in [6.07, 6.45) is 3.54. The van der Waals surface area contributed by atoms with Crippen molar-refractivity contribution >= 4 is 5.91 Å². The first-order valence-electron chi connectivity index (χ1n) is 7.01. The maximum Gasteiger partial charge on any atom is 0.249 e. The molecule has 1 aliphatic heterocycles. The van der Waals surface area contributed by atoms with E-state index < -0.39 is 0 Å². The molecule has 4 heteroatoms. The fourth-order valence-electron chi connectivity index (χ4n) is 2.81. The van der Waals surface area contributed by atoms with E-state index in [-0.39, 0.29) is 5.91 Å². The molecule has 0 bridgehead atoms. The van der Waals surface area contributed by atoms with Gasteiger partial charge in [-0.3, -0.25) is 9.69 Å². The largest absolute Gasteiger partial charge is 0.366 e. The zero-order valence-electron chi connectivity index (χ0n) is 11.3. The summed E-state index contributed by atoms with van der Waals surface area (Å²) in [4.78, 5) is 13.8. The Hall–Kier alpha value is -1.39. The van der Waals surface area contributed by atoms with E-state index >= 15 is 0 Å². The average Bonchev–Trinajstić information content (AvgIpc) is 2.42. The maximum atomic E-state index is 11.4. The van der Waals surface area contributed by atoms with E-state index in [1.807, 2.05) is 18.2 Å². The SMILES string of the molecule is NCCC1CCN(Cc2ccccc2C(N)=O)CC1. The molecule has 1 fully saturated rings. The summed E-state index contributed by atoms with van der Waals surface area (Å²) in [6, 6.07) is 7.62. The molecule has 0 aliphatic carbocycles. The Labute approximate surface area is 114 Å². The van der Waals surface area contributed by atoms with Crippen LogP contribution in [0, 0.1) is 5.92 Å². The van der Waals surface area contributed by atoms with Crippen molar-refractivity contribution in [3.8, 4) is 0 Å². The van der Waals surface area contributed by atoms with Crippen molar-refractivity contribution in [1.29, 1.82) is 0 Å². The van der Waals surface area contributed by atoms with Crippen LogP contribution in [-0.4, -0.2) is 30.4 Å². The quantitative estimate of drug-likeness (QED) is 0.840. The summed E-state index contributed by atoms with van der Waals surface area (Å²) < 4.78 is 0. The molecule has 0 atom stereocenters. The number of hydrogen-bond donors (Lipinski definition) is 2. The number of carbonyl (C=O) groups excluding carboxylic acids is 1. The molecule has 0 unspecified atom stereocenters. The molecule has 1 aliphatic rings. The number of hydrogen-bond acceptors (Lipinski definition) is 3. The number of benzene rings is 1. The number of nitrogens with two attached hydrogens (primary N) is 2. The lowest BCUT2D eigenvalue weighted by molar-refractivity contribution is 0.0997. The zero-order valence-corrected chi connectivity index (χ0v) is 11.3. The molecule has 4 N–H and O–H groups in total.